The van der Waals surface area contributed by atoms with E-state index in [0.717, 1.165) is 0 Å². The third-order valence-corrected chi connectivity index (χ3v) is 4.45. The number of nitrogens with one attached hydrogen (secondary N) is 3. The average Bonchev–Trinajstić information content (AvgIpc) is 2.80. The van der Waals surface area contributed by atoms with Crippen molar-refractivity contribution in [2.75, 3.05) is 18.4 Å². The third kappa shape index (κ3) is 11.1. The number of hydrogen-bond acceptors (Lipinski definition) is 7. The van der Waals surface area contributed by atoms with Crippen LogP contribution in [0.25, 0.3) is 0 Å². The Labute approximate surface area is 228 Å². The van der Waals surface area contributed by atoms with Crippen LogP contribution in [-0.4, -0.2) is 46.9 Å². The molecule has 1 radical (unpaired) electrons. The molecule has 1 amide bonds. The molecule has 0 unspecified atom stereocenters. The monoisotopic (exact) mass is 584 g/mol. The first-order valence-electron chi connectivity index (χ1n) is 10.2. The Balaban J connectivity index is 0.00000648. The van der Waals surface area contributed by atoms with Gasteiger partial charge in [-0.25, -0.2) is 0 Å². The van der Waals surface area contributed by atoms with E-state index in [9.17, 15) is 18.0 Å². The minimum atomic E-state index is -4.46. The number of amidine groups is 2. The Kier molecular flexibility index (Phi) is 13.0. The van der Waals surface area contributed by atoms with E-state index in [0.29, 0.717) is 23.4 Å². The quantitative estimate of drug-likeness (QED) is 0.145. The van der Waals surface area contributed by atoms with Crippen LogP contribution in [0.4, 0.5) is 18.9 Å². The number of hydrogen-bond donors (Lipinski definition) is 3. The van der Waals surface area contributed by atoms with Crippen LogP contribution in [0.5, 0.6) is 0 Å². The van der Waals surface area contributed by atoms with Crippen molar-refractivity contribution in [3.8, 4) is 0 Å². The maximum atomic E-state index is 12.5. The Bertz CT molecular complexity index is 1120. The van der Waals surface area contributed by atoms with Crippen LogP contribution in [0.1, 0.15) is 25.0 Å². The molecule has 195 valence electrons. The van der Waals surface area contributed by atoms with E-state index in [1.807, 2.05) is 12.2 Å². The van der Waals surface area contributed by atoms with Crippen LogP contribution in [0.3, 0.4) is 0 Å². The number of alkyl halides is 3. The first kappa shape index (κ1) is 31.0. The number of nitrogens with zero attached hydrogens (tertiary/aromatic N) is 4. The van der Waals surface area contributed by atoms with E-state index in [1.165, 1.54) is 6.92 Å². The molecule has 0 bridgehead atoms. The van der Waals surface area contributed by atoms with Gasteiger partial charge in [0.1, 0.15) is 18.0 Å². The van der Waals surface area contributed by atoms with E-state index >= 15 is 0 Å². The summed E-state index contributed by atoms with van der Waals surface area (Å²) >= 11 is 10.0. The summed E-state index contributed by atoms with van der Waals surface area (Å²) in [5, 5.41) is 23.3. The van der Waals surface area contributed by atoms with Gasteiger partial charge in [-0.05, 0) is 29.4 Å². The zero-order valence-corrected chi connectivity index (χ0v) is 21.6. The van der Waals surface area contributed by atoms with Gasteiger partial charge in [0, 0.05) is 30.3 Å². The van der Waals surface area contributed by atoms with Gasteiger partial charge in [0.25, 0.3) is 0 Å². The molecular weight excluding hydrogens is 563 g/mol. The summed E-state index contributed by atoms with van der Waals surface area (Å²) in [6.45, 7) is 2.42. The fraction of sp³-hybridized carbons (Fsp3) is 0.227. The fourth-order valence-corrected chi connectivity index (χ4v) is 2.88. The molecule has 0 fully saturated rings. The van der Waals surface area contributed by atoms with Crippen LogP contribution in [0.2, 0.25) is 0 Å². The number of amides is 1. The fourth-order valence-electron chi connectivity index (χ4n) is 2.58. The standard InChI is InChI=1S/C22H24F3N7OS2.Cu/c1-3-26-20(34)31-30-19(16-9-11-17(12-10-16)28-14(2)33)18(15-7-5-4-6-8-15)29-32-21(35)27-13-22(23,24)25;/h4-12H,3,13H2,1-2H3,(H,28,33)(H2,26,31,34)(H2,27,32,35);/q;+2/p-2. The second kappa shape index (κ2) is 15.1. The van der Waals surface area contributed by atoms with Gasteiger partial charge in [0.2, 0.25) is 5.91 Å². The molecule has 2 aromatic carbocycles. The van der Waals surface area contributed by atoms with Crippen molar-refractivity contribution in [3.05, 3.63) is 65.7 Å². The number of halogens is 3. The Morgan fingerprint density at radius 2 is 1.33 bits per heavy atom. The first-order chi connectivity index (χ1) is 16.6. The van der Waals surface area contributed by atoms with Crippen LogP contribution in [0, 0.1) is 0 Å². The topological polar surface area (TPSA) is 103 Å². The molecule has 0 aliphatic heterocycles. The summed E-state index contributed by atoms with van der Waals surface area (Å²) in [5.74, 6) is -0.233. The molecule has 2 rings (SSSR count). The first-order valence-corrected chi connectivity index (χ1v) is 11.0. The Morgan fingerprint density at radius 3 is 1.81 bits per heavy atom. The van der Waals surface area contributed by atoms with Crippen LogP contribution >= 0.6 is 0 Å². The summed E-state index contributed by atoms with van der Waals surface area (Å²) in [5.41, 5.74) is 2.07. The van der Waals surface area contributed by atoms with Crippen molar-refractivity contribution in [2.24, 2.45) is 20.4 Å². The van der Waals surface area contributed by atoms with Crippen molar-refractivity contribution in [1.82, 2.24) is 10.6 Å². The average molecular weight is 585 g/mol. The van der Waals surface area contributed by atoms with Crippen LogP contribution < -0.4 is 16.0 Å². The summed E-state index contributed by atoms with van der Waals surface area (Å²) < 4.78 is 37.5. The van der Waals surface area contributed by atoms with Crippen molar-refractivity contribution in [2.45, 2.75) is 20.0 Å². The second-order valence-electron chi connectivity index (χ2n) is 6.83. The van der Waals surface area contributed by atoms with E-state index in [-0.39, 0.29) is 39.6 Å². The summed E-state index contributed by atoms with van der Waals surface area (Å²) in [6.07, 6.45) is -4.46. The van der Waals surface area contributed by atoms with Crippen LogP contribution in [-0.2, 0) is 47.1 Å². The SMILES string of the molecule is CCNC([S-])=NN=C(C(=NN=C([S-])NCC(F)(F)F)c1ccccc1)c1ccc(NC(C)=O)cc1.[Cu+2]. The molecule has 3 N–H and O–H groups in total. The minimum absolute atomic E-state index is 0. The maximum Gasteiger partial charge on any atom is 2.00 e. The van der Waals surface area contributed by atoms with Gasteiger partial charge in [-0.15, -0.1) is 10.2 Å². The summed E-state index contributed by atoms with van der Waals surface area (Å²) in [7, 11) is 0. The van der Waals surface area contributed by atoms with Crippen molar-refractivity contribution in [1.29, 1.82) is 0 Å². The molecule has 0 saturated heterocycles. The predicted molar refractivity (Wildman–Crippen MR) is 138 cm³/mol. The molecule has 0 saturated carbocycles. The number of carbonyl (C=O) groups excluding carboxylic acids is 1. The molecule has 0 aliphatic rings. The van der Waals surface area contributed by atoms with Gasteiger partial charge in [-0.3, -0.25) is 4.79 Å². The van der Waals surface area contributed by atoms with Gasteiger partial charge in [-0.2, -0.15) is 23.4 Å². The molecule has 0 aromatic heterocycles. The van der Waals surface area contributed by atoms with Gasteiger partial charge in [-0.1, -0.05) is 42.5 Å². The molecule has 8 nitrogen and oxygen atoms in total. The van der Waals surface area contributed by atoms with E-state index in [1.54, 1.807) is 54.6 Å². The second-order valence-corrected chi connectivity index (χ2v) is 7.60. The van der Waals surface area contributed by atoms with Gasteiger partial charge < -0.3 is 41.2 Å². The molecule has 0 spiro atoms. The molecule has 2 aromatic rings. The van der Waals surface area contributed by atoms with Gasteiger partial charge in [0.15, 0.2) is 0 Å². The Morgan fingerprint density at radius 1 is 0.833 bits per heavy atom. The Hall–Kier alpha value is -3.06. The summed E-state index contributed by atoms with van der Waals surface area (Å²) in [4.78, 5) is 11.3. The van der Waals surface area contributed by atoms with E-state index < -0.39 is 17.9 Å². The molecule has 36 heavy (non-hydrogen) atoms. The number of rotatable bonds is 8. The minimum Gasteiger partial charge on any atom is -0.741 e. The van der Waals surface area contributed by atoms with Crippen molar-refractivity contribution >= 4 is 58.6 Å². The normalized spacial score (nSPS) is 13.0. The molecular formula is C22H22CuF3N7OS2. The van der Waals surface area contributed by atoms with Crippen molar-refractivity contribution in [3.63, 3.8) is 0 Å². The van der Waals surface area contributed by atoms with E-state index in [4.69, 9.17) is 25.3 Å². The predicted octanol–water partition coefficient (Wildman–Crippen LogP) is 3.32. The van der Waals surface area contributed by atoms with Crippen LogP contribution in [0.15, 0.2) is 75.0 Å². The number of carbonyl (C=O) groups is 1. The van der Waals surface area contributed by atoms with Gasteiger partial charge >= 0.3 is 23.2 Å². The summed E-state index contributed by atoms with van der Waals surface area (Å²) in [6, 6.07) is 15.4. The smallest absolute Gasteiger partial charge is 0.741 e. The third-order valence-electron chi connectivity index (χ3n) is 4.00. The molecule has 14 heteroatoms. The maximum absolute atomic E-state index is 12.5. The zero-order chi connectivity index (χ0) is 25.8. The largest absolute Gasteiger partial charge is 2.00 e. The van der Waals surface area contributed by atoms with Crippen molar-refractivity contribution < 1.29 is 35.0 Å². The molecule has 0 heterocycles. The number of anilines is 1. The number of benzene rings is 2. The molecule has 0 atom stereocenters. The molecule has 0 aliphatic carbocycles. The van der Waals surface area contributed by atoms with Gasteiger partial charge in [0.05, 0.1) is 0 Å². The van der Waals surface area contributed by atoms with E-state index in [2.05, 4.69) is 31.0 Å². The zero-order valence-electron chi connectivity index (χ0n) is 19.1.